The van der Waals surface area contributed by atoms with Crippen LogP contribution in [-0.2, 0) is 4.79 Å². The highest BCUT2D eigenvalue weighted by atomic mass is 32.1. The summed E-state index contributed by atoms with van der Waals surface area (Å²) in [4.78, 5) is 13.7. The first-order valence-electron chi connectivity index (χ1n) is 14.5. The van der Waals surface area contributed by atoms with Gasteiger partial charge in [-0.1, -0.05) is 78.9 Å². The minimum atomic E-state index is -1.27. The lowest BCUT2D eigenvalue weighted by molar-refractivity contribution is -0.132. The highest BCUT2D eigenvalue weighted by Crippen LogP contribution is 2.42. The van der Waals surface area contributed by atoms with Crippen molar-refractivity contribution in [3.63, 3.8) is 0 Å². The van der Waals surface area contributed by atoms with Gasteiger partial charge in [0.1, 0.15) is 22.7 Å². The molecule has 0 bridgehead atoms. The molecule has 46 heavy (non-hydrogen) atoms. The fraction of sp³-hybridized carbons (Fsp3) is 0. The van der Waals surface area contributed by atoms with Crippen molar-refractivity contribution in [3.8, 4) is 17.2 Å². The molecule has 0 amide bonds. The molecule has 6 nitrogen and oxygen atoms in total. The number of nitriles is 1. The van der Waals surface area contributed by atoms with Crippen LogP contribution >= 0.6 is 23.1 Å². The van der Waals surface area contributed by atoms with E-state index in [0.29, 0.717) is 16.6 Å². The van der Waals surface area contributed by atoms with Gasteiger partial charge in [0.15, 0.2) is 0 Å². The molecule has 0 aliphatic carbocycles. The number of thiophene rings is 1. The van der Waals surface area contributed by atoms with Crippen molar-refractivity contribution in [2.75, 3.05) is 4.90 Å². The monoisotopic (exact) mass is 630 g/mol. The number of carbonyl (C=O) groups is 1. The van der Waals surface area contributed by atoms with Gasteiger partial charge in [0.25, 0.3) is 0 Å². The molecule has 8 rings (SSSR count). The minimum Gasteiger partial charge on any atom is -0.477 e. The first-order valence-corrected chi connectivity index (χ1v) is 16.0. The molecule has 0 unspecified atom stereocenters. The van der Waals surface area contributed by atoms with Crippen LogP contribution in [0, 0.1) is 11.3 Å². The molecule has 8 aromatic rings. The summed E-state index contributed by atoms with van der Waals surface area (Å²) in [7, 11) is 0. The van der Waals surface area contributed by atoms with Crippen LogP contribution in [0.4, 0.5) is 17.1 Å². The zero-order chi connectivity index (χ0) is 31.2. The van der Waals surface area contributed by atoms with Crippen molar-refractivity contribution < 1.29 is 9.90 Å². The van der Waals surface area contributed by atoms with Gasteiger partial charge in [-0.2, -0.15) is 14.0 Å². The molecule has 0 radical (unpaired) electrons. The van der Waals surface area contributed by atoms with E-state index in [2.05, 4.69) is 117 Å². The van der Waals surface area contributed by atoms with Crippen molar-refractivity contribution >= 4 is 94.2 Å². The van der Waals surface area contributed by atoms with Gasteiger partial charge in [-0.25, -0.2) is 4.79 Å². The van der Waals surface area contributed by atoms with Crippen LogP contribution in [0.1, 0.15) is 5.56 Å². The Morgan fingerprint density at radius 1 is 0.717 bits per heavy atom. The topological polar surface area (TPSA) is 90.1 Å². The van der Waals surface area contributed by atoms with Gasteiger partial charge in [0.2, 0.25) is 0 Å². The second-order valence-electron chi connectivity index (χ2n) is 10.8. The fourth-order valence-electron chi connectivity index (χ4n) is 5.94. The highest BCUT2D eigenvalue weighted by molar-refractivity contribution is 7.25. The third kappa shape index (κ3) is 4.75. The molecule has 0 spiro atoms. The molecular formula is C38H22N4O2S2. The first-order chi connectivity index (χ1) is 22.6. The number of benzene rings is 6. The Morgan fingerprint density at radius 2 is 1.41 bits per heavy atom. The van der Waals surface area contributed by atoms with Gasteiger partial charge in [0, 0.05) is 48.4 Å². The number of carboxylic acid groups (broad SMARTS) is 1. The SMILES string of the molecule is N#CC(=Cc1ccc(-c2ccc3c(c2)sc2cc(N(c4ccccc4)c4ccc5ccccc5c4)ccc23)c2nsnc12)C(=O)O. The summed E-state index contributed by atoms with van der Waals surface area (Å²) in [5.74, 6) is -1.27. The molecule has 0 atom stereocenters. The van der Waals surface area contributed by atoms with Crippen LogP contribution in [0.3, 0.4) is 0 Å². The van der Waals surface area contributed by atoms with Gasteiger partial charge < -0.3 is 10.0 Å². The molecule has 0 saturated heterocycles. The van der Waals surface area contributed by atoms with Crippen molar-refractivity contribution in [1.82, 2.24) is 8.75 Å². The summed E-state index contributed by atoms with van der Waals surface area (Å²) >= 11 is 2.82. The van der Waals surface area contributed by atoms with Gasteiger partial charge in [0.05, 0.1) is 11.7 Å². The van der Waals surface area contributed by atoms with E-state index in [1.165, 1.54) is 32.3 Å². The lowest BCUT2D eigenvalue weighted by Crippen LogP contribution is -2.09. The fourth-order valence-corrected chi connectivity index (χ4v) is 7.70. The second kappa shape index (κ2) is 11.2. The lowest BCUT2D eigenvalue weighted by Gasteiger charge is -2.26. The van der Waals surface area contributed by atoms with Crippen LogP contribution in [0.5, 0.6) is 0 Å². The first kappa shape index (κ1) is 27.7. The number of nitrogens with zero attached hydrogens (tertiary/aromatic N) is 4. The Hall–Kier alpha value is -5.88. The Morgan fingerprint density at radius 3 is 2.22 bits per heavy atom. The molecule has 0 aliphatic heterocycles. The van der Waals surface area contributed by atoms with E-state index in [9.17, 15) is 15.2 Å². The average molecular weight is 631 g/mol. The molecule has 2 aromatic heterocycles. The molecule has 0 aliphatic rings. The number of aromatic nitrogens is 2. The Balaban J connectivity index is 1.23. The molecule has 8 heteroatoms. The summed E-state index contributed by atoms with van der Waals surface area (Å²) in [6, 6.07) is 44.0. The van der Waals surface area contributed by atoms with E-state index in [4.69, 9.17) is 0 Å². The number of carboxylic acids is 1. The molecule has 218 valence electrons. The average Bonchev–Trinajstić information content (AvgIpc) is 3.72. The number of hydrogen-bond donors (Lipinski definition) is 1. The molecule has 0 saturated carbocycles. The third-order valence-corrected chi connectivity index (χ3v) is 9.77. The maximum Gasteiger partial charge on any atom is 0.346 e. The largest absolute Gasteiger partial charge is 0.477 e. The van der Waals surface area contributed by atoms with E-state index in [0.717, 1.165) is 44.6 Å². The molecule has 1 N–H and O–H groups in total. The van der Waals surface area contributed by atoms with Crippen LogP contribution in [0.15, 0.2) is 127 Å². The van der Waals surface area contributed by atoms with Crippen molar-refractivity contribution in [2.24, 2.45) is 0 Å². The number of hydrogen-bond acceptors (Lipinski definition) is 7. The lowest BCUT2D eigenvalue weighted by atomic mass is 9.99. The van der Waals surface area contributed by atoms with Crippen LogP contribution in [0.25, 0.3) is 59.2 Å². The second-order valence-corrected chi connectivity index (χ2v) is 12.4. The zero-order valence-corrected chi connectivity index (χ0v) is 25.7. The standard InChI is InChI=1S/C38H22N4O2S2/c39-22-27(38(43)44)18-26-12-15-31(37-36(26)40-46-41-37)25-11-16-32-33-17-14-30(21-35(33)45-34(32)20-25)42(28-8-2-1-3-9-28)29-13-10-23-6-4-5-7-24(23)19-29/h1-21H,(H,43,44). The summed E-state index contributed by atoms with van der Waals surface area (Å²) in [6.45, 7) is 0. The number of rotatable bonds is 6. The van der Waals surface area contributed by atoms with Crippen LogP contribution < -0.4 is 4.90 Å². The van der Waals surface area contributed by atoms with Gasteiger partial charge in [-0.05, 0) is 64.9 Å². The summed E-state index contributed by atoms with van der Waals surface area (Å²) in [5, 5.41) is 23.3. The van der Waals surface area contributed by atoms with Crippen LogP contribution in [0.2, 0.25) is 0 Å². The maximum atomic E-state index is 11.4. The smallest absolute Gasteiger partial charge is 0.346 e. The van der Waals surface area contributed by atoms with E-state index in [-0.39, 0.29) is 5.57 Å². The van der Waals surface area contributed by atoms with E-state index in [1.807, 2.05) is 12.1 Å². The van der Waals surface area contributed by atoms with Crippen molar-refractivity contribution in [3.05, 3.63) is 132 Å². The van der Waals surface area contributed by atoms with Crippen molar-refractivity contribution in [1.29, 1.82) is 5.26 Å². The molecule has 2 heterocycles. The van der Waals surface area contributed by atoms with Gasteiger partial charge in [-0.3, -0.25) is 0 Å². The normalized spacial score (nSPS) is 11.8. The molecular weight excluding hydrogens is 609 g/mol. The Labute approximate surface area is 271 Å². The number of fused-ring (bicyclic) bond motifs is 5. The summed E-state index contributed by atoms with van der Waals surface area (Å²) in [6.07, 6.45) is 1.35. The van der Waals surface area contributed by atoms with Crippen molar-refractivity contribution in [2.45, 2.75) is 0 Å². The van der Waals surface area contributed by atoms with Gasteiger partial charge >= 0.3 is 5.97 Å². The highest BCUT2D eigenvalue weighted by Gasteiger charge is 2.17. The predicted molar refractivity (Wildman–Crippen MR) is 189 cm³/mol. The minimum absolute atomic E-state index is 0.348. The summed E-state index contributed by atoms with van der Waals surface area (Å²) in [5.41, 5.74) is 6.62. The van der Waals surface area contributed by atoms with Crippen LogP contribution in [-0.4, -0.2) is 19.8 Å². The molecule has 6 aromatic carbocycles. The van der Waals surface area contributed by atoms with E-state index < -0.39 is 5.97 Å². The number of anilines is 3. The predicted octanol–water partition coefficient (Wildman–Crippen LogP) is 10.3. The van der Waals surface area contributed by atoms with Gasteiger partial charge in [-0.15, -0.1) is 11.3 Å². The number of aliphatic carboxylic acids is 1. The zero-order valence-electron chi connectivity index (χ0n) is 24.1. The summed E-state index contributed by atoms with van der Waals surface area (Å²) < 4.78 is 11.3. The quantitative estimate of drug-likeness (QED) is 0.145. The number of para-hydroxylation sites is 1. The van der Waals surface area contributed by atoms with E-state index >= 15 is 0 Å². The maximum absolute atomic E-state index is 11.4. The Bertz CT molecular complexity index is 2540. The van der Waals surface area contributed by atoms with E-state index in [1.54, 1.807) is 23.5 Å². The molecule has 0 fully saturated rings. The third-order valence-electron chi connectivity index (χ3n) is 8.13. The Kier molecular flexibility index (Phi) is 6.76.